The van der Waals surface area contributed by atoms with Crippen LogP contribution in [0.15, 0.2) is 23.0 Å². The van der Waals surface area contributed by atoms with Crippen LogP contribution >= 0.6 is 0 Å². The first-order valence-corrected chi connectivity index (χ1v) is 8.50. The van der Waals surface area contributed by atoms with E-state index in [1.54, 1.807) is 0 Å². The molecule has 2 aromatic rings. The molecule has 0 bridgehead atoms. The van der Waals surface area contributed by atoms with Crippen molar-refractivity contribution < 1.29 is 0 Å². The molecule has 0 saturated heterocycles. The molecule has 0 atom stereocenters. The summed E-state index contributed by atoms with van der Waals surface area (Å²) in [4.78, 5) is 22.5. The van der Waals surface area contributed by atoms with E-state index in [0.29, 0.717) is 12.5 Å². The van der Waals surface area contributed by atoms with E-state index < -0.39 is 0 Å². The fourth-order valence-corrected chi connectivity index (χ4v) is 3.35. The maximum atomic E-state index is 12.4. The zero-order chi connectivity index (χ0) is 16.0. The number of nitrogens with one attached hydrogen (secondary N) is 1. The highest BCUT2D eigenvalue weighted by molar-refractivity contribution is 5.30. The molecule has 1 N–H and O–H groups in total. The van der Waals surface area contributed by atoms with E-state index in [1.807, 2.05) is 0 Å². The SMILES string of the molecule is Cc1ccc(CN2CCc3nc(C4CC4)[nH]c(=O)c3C2)cc1C. The van der Waals surface area contributed by atoms with E-state index in [9.17, 15) is 4.79 Å². The number of hydrogen-bond donors (Lipinski definition) is 1. The predicted octanol–water partition coefficient (Wildman–Crippen LogP) is 2.82. The van der Waals surface area contributed by atoms with Gasteiger partial charge in [0.15, 0.2) is 0 Å². The average molecular weight is 309 g/mol. The van der Waals surface area contributed by atoms with Gasteiger partial charge in [0.1, 0.15) is 5.82 Å². The highest BCUT2D eigenvalue weighted by atomic mass is 16.1. The second-order valence-electron chi connectivity index (χ2n) is 7.03. The quantitative estimate of drug-likeness (QED) is 0.948. The van der Waals surface area contributed by atoms with E-state index in [-0.39, 0.29) is 5.56 Å². The molecule has 0 radical (unpaired) electrons. The van der Waals surface area contributed by atoms with E-state index in [2.05, 4.69) is 41.9 Å². The molecule has 0 amide bonds. The second-order valence-corrected chi connectivity index (χ2v) is 7.03. The van der Waals surface area contributed by atoms with Crippen molar-refractivity contribution in [1.29, 1.82) is 0 Å². The predicted molar refractivity (Wildman–Crippen MR) is 90.6 cm³/mol. The standard InChI is InChI=1S/C19H23N3O/c1-12-3-4-14(9-13(12)2)10-22-8-7-17-16(11-22)19(23)21-18(20-17)15-5-6-15/h3-4,9,15H,5-8,10-11H2,1-2H3,(H,20,21,23). The Balaban J connectivity index is 1.54. The van der Waals surface area contributed by atoms with Crippen molar-refractivity contribution in [3.05, 3.63) is 62.3 Å². The molecule has 2 heterocycles. The van der Waals surface area contributed by atoms with Gasteiger partial charge in [-0.15, -0.1) is 0 Å². The minimum atomic E-state index is 0.0710. The van der Waals surface area contributed by atoms with Gasteiger partial charge in [-0.05, 0) is 43.4 Å². The molecule has 1 aromatic heterocycles. The van der Waals surface area contributed by atoms with Crippen molar-refractivity contribution >= 4 is 0 Å². The fraction of sp³-hybridized carbons (Fsp3) is 0.474. The summed E-state index contributed by atoms with van der Waals surface area (Å²) in [5.74, 6) is 1.41. The first kappa shape index (κ1) is 14.6. The number of nitrogens with zero attached hydrogens (tertiary/aromatic N) is 2. The van der Waals surface area contributed by atoms with E-state index >= 15 is 0 Å². The molecule has 4 rings (SSSR count). The third kappa shape index (κ3) is 2.95. The van der Waals surface area contributed by atoms with E-state index in [1.165, 1.54) is 29.5 Å². The zero-order valence-corrected chi connectivity index (χ0v) is 13.9. The first-order valence-electron chi connectivity index (χ1n) is 8.50. The summed E-state index contributed by atoms with van der Waals surface area (Å²) in [5, 5.41) is 0. The van der Waals surface area contributed by atoms with Gasteiger partial charge in [-0.3, -0.25) is 9.69 Å². The van der Waals surface area contributed by atoms with E-state index in [4.69, 9.17) is 4.98 Å². The minimum Gasteiger partial charge on any atom is -0.310 e. The van der Waals surface area contributed by atoms with Crippen LogP contribution in [0.2, 0.25) is 0 Å². The fourth-order valence-electron chi connectivity index (χ4n) is 3.35. The van der Waals surface area contributed by atoms with Crippen molar-refractivity contribution in [2.45, 2.75) is 52.1 Å². The van der Waals surface area contributed by atoms with Gasteiger partial charge in [-0.25, -0.2) is 4.98 Å². The summed E-state index contributed by atoms with van der Waals surface area (Å²) in [6.45, 7) is 6.86. The highest BCUT2D eigenvalue weighted by Crippen LogP contribution is 2.37. The van der Waals surface area contributed by atoms with Gasteiger partial charge in [0.05, 0.1) is 11.3 Å². The Bertz CT molecular complexity index is 805. The normalized spacial score (nSPS) is 18.0. The van der Waals surface area contributed by atoms with Crippen LogP contribution in [0.25, 0.3) is 0 Å². The summed E-state index contributed by atoms with van der Waals surface area (Å²) in [7, 11) is 0. The smallest absolute Gasteiger partial charge is 0.255 e. The van der Waals surface area contributed by atoms with Crippen molar-refractivity contribution in [3.63, 3.8) is 0 Å². The van der Waals surface area contributed by atoms with Crippen LogP contribution < -0.4 is 5.56 Å². The average Bonchev–Trinajstić information content (AvgIpc) is 3.36. The maximum Gasteiger partial charge on any atom is 0.255 e. The molecular formula is C19H23N3O. The summed E-state index contributed by atoms with van der Waals surface area (Å²) in [6, 6.07) is 6.62. The van der Waals surface area contributed by atoms with Crippen molar-refractivity contribution in [3.8, 4) is 0 Å². The Kier molecular flexibility index (Phi) is 3.57. The van der Waals surface area contributed by atoms with Crippen LogP contribution in [0.3, 0.4) is 0 Å². The van der Waals surface area contributed by atoms with Crippen LogP contribution in [0, 0.1) is 13.8 Å². The molecular weight excluding hydrogens is 286 g/mol. The second kappa shape index (κ2) is 5.60. The summed E-state index contributed by atoms with van der Waals surface area (Å²) >= 11 is 0. The number of H-pyrrole nitrogens is 1. The van der Waals surface area contributed by atoms with Crippen LogP contribution in [-0.2, 0) is 19.5 Å². The summed E-state index contributed by atoms with van der Waals surface area (Å²) in [6.07, 6.45) is 3.21. The molecule has 1 saturated carbocycles. The molecule has 1 fully saturated rings. The Morgan fingerprint density at radius 2 is 2.09 bits per heavy atom. The number of aryl methyl sites for hydroxylation is 2. The number of aromatic amines is 1. The molecule has 120 valence electrons. The van der Waals surface area contributed by atoms with Gasteiger partial charge in [-0.1, -0.05) is 18.2 Å². The first-order chi connectivity index (χ1) is 11.1. The molecule has 1 aliphatic carbocycles. The molecule has 23 heavy (non-hydrogen) atoms. The molecule has 1 aliphatic heterocycles. The molecule has 0 unspecified atom stereocenters. The lowest BCUT2D eigenvalue weighted by molar-refractivity contribution is 0.241. The van der Waals surface area contributed by atoms with E-state index in [0.717, 1.165) is 36.6 Å². The highest BCUT2D eigenvalue weighted by Gasteiger charge is 2.29. The van der Waals surface area contributed by atoms with Crippen LogP contribution in [-0.4, -0.2) is 21.4 Å². The molecule has 2 aliphatic rings. The lowest BCUT2D eigenvalue weighted by Crippen LogP contribution is -2.35. The van der Waals surface area contributed by atoms with Crippen molar-refractivity contribution in [2.75, 3.05) is 6.54 Å². The lowest BCUT2D eigenvalue weighted by atomic mass is 10.0. The molecule has 1 aromatic carbocycles. The third-order valence-electron chi connectivity index (χ3n) is 5.11. The van der Waals surface area contributed by atoms with Crippen molar-refractivity contribution in [2.24, 2.45) is 0 Å². The van der Waals surface area contributed by atoms with Gasteiger partial charge in [0.25, 0.3) is 5.56 Å². The Morgan fingerprint density at radius 1 is 1.26 bits per heavy atom. The molecule has 4 heteroatoms. The lowest BCUT2D eigenvalue weighted by Gasteiger charge is -2.28. The van der Waals surface area contributed by atoms with Gasteiger partial charge >= 0.3 is 0 Å². The van der Waals surface area contributed by atoms with Crippen LogP contribution in [0.4, 0.5) is 0 Å². The minimum absolute atomic E-state index is 0.0710. The molecule has 0 spiro atoms. The monoisotopic (exact) mass is 309 g/mol. The zero-order valence-electron chi connectivity index (χ0n) is 13.9. The van der Waals surface area contributed by atoms with Gasteiger partial charge in [0, 0.05) is 32.0 Å². The topological polar surface area (TPSA) is 49.0 Å². The van der Waals surface area contributed by atoms with Gasteiger partial charge in [0.2, 0.25) is 0 Å². The number of hydrogen-bond acceptors (Lipinski definition) is 3. The van der Waals surface area contributed by atoms with Crippen LogP contribution in [0.5, 0.6) is 0 Å². The van der Waals surface area contributed by atoms with Crippen LogP contribution in [0.1, 0.15) is 52.5 Å². The van der Waals surface area contributed by atoms with Crippen molar-refractivity contribution in [1.82, 2.24) is 14.9 Å². The molecule has 4 nitrogen and oxygen atoms in total. The Morgan fingerprint density at radius 3 is 2.83 bits per heavy atom. The Labute approximate surface area is 136 Å². The van der Waals surface area contributed by atoms with Gasteiger partial charge in [-0.2, -0.15) is 0 Å². The number of aromatic nitrogens is 2. The third-order valence-corrected chi connectivity index (χ3v) is 5.11. The number of benzene rings is 1. The van der Waals surface area contributed by atoms with Gasteiger partial charge < -0.3 is 4.98 Å². The summed E-state index contributed by atoms with van der Waals surface area (Å²) < 4.78 is 0. The number of rotatable bonds is 3. The Hall–Kier alpha value is -1.94. The maximum absolute atomic E-state index is 12.4. The number of fused-ring (bicyclic) bond motifs is 1. The summed E-state index contributed by atoms with van der Waals surface area (Å²) in [5.41, 5.74) is 5.92. The largest absolute Gasteiger partial charge is 0.310 e.